The van der Waals surface area contributed by atoms with Gasteiger partial charge in [0, 0.05) is 38.4 Å². The highest BCUT2D eigenvalue weighted by Crippen LogP contribution is 2.23. The van der Waals surface area contributed by atoms with Crippen molar-refractivity contribution in [3.05, 3.63) is 29.6 Å². The number of carbonyl (C=O) groups is 2. The average molecular weight is 336 g/mol. The second-order valence-corrected chi connectivity index (χ2v) is 6.19. The van der Waals surface area contributed by atoms with Crippen LogP contribution in [0, 0.1) is 5.82 Å². The van der Waals surface area contributed by atoms with Crippen molar-refractivity contribution in [2.45, 2.75) is 18.6 Å². The van der Waals surface area contributed by atoms with Gasteiger partial charge in [-0.2, -0.15) is 0 Å². The van der Waals surface area contributed by atoms with E-state index in [9.17, 15) is 19.1 Å². The number of carbonyl (C=O) groups excluding carboxylic acids is 2. The zero-order valence-corrected chi connectivity index (χ0v) is 13.2. The minimum Gasteiger partial charge on any atom is -0.392 e. The topological polar surface area (TPSA) is 98.9 Å². The van der Waals surface area contributed by atoms with Crippen LogP contribution in [-0.4, -0.2) is 66.7 Å². The van der Waals surface area contributed by atoms with Gasteiger partial charge in [0.25, 0.3) is 5.91 Å². The molecule has 0 saturated carbocycles. The van der Waals surface area contributed by atoms with Crippen molar-refractivity contribution in [2.24, 2.45) is 5.73 Å². The van der Waals surface area contributed by atoms with Crippen molar-refractivity contribution in [2.75, 3.05) is 37.6 Å². The standard InChI is InChI=1S/C16H21FN4O3/c17-10-1-2-14(12(7-10)15(18)23)20-3-5-21(6-4-20)16(24)13-8-11(22)9-19-13/h1-2,7,11,13,19,22H,3-6,8-9H2,(H2,18,23)/t11-,13-/m0/s1. The highest BCUT2D eigenvalue weighted by Gasteiger charge is 2.33. The molecule has 2 amide bonds. The van der Waals surface area contributed by atoms with Crippen molar-refractivity contribution in [3.63, 3.8) is 0 Å². The lowest BCUT2D eigenvalue weighted by Gasteiger charge is -2.37. The first-order chi connectivity index (χ1) is 11.5. The average Bonchev–Trinajstić information content (AvgIpc) is 3.01. The fourth-order valence-electron chi connectivity index (χ4n) is 3.27. The Labute approximate surface area is 139 Å². The Bertz CT molecular complexity index is 646. The molecule has 0 unspecified atom stereocenters. The molecule has 24 heavy (non-hydrogen) atoms. The van der Waals surface area contributed by atoms with E-state index in [1.165, 1.54) is 6.07 Å². The number of piperazine rings is 1. The van der Waals surface area contributed by atoms with Crippen LogP contribution in [0.3, 0.4) is 0 Å². The summed E-state index contributed by atoms with van der Waals surface area (Å²) in [5.41, 5.74) is 6.07. The van der Waals surface area contributed by atoms with Crippen molar-refractivity contribution < 1.29 is 19.1 Å². The molecule has 2 aliphatic rings. The summed E-state index contributed by atoms with van der Waals surface area (Å²) >= 11 is 0. The third kappa shape index (κ3) is 3.34. The molecule has 0 aliphatic carbocycles. The van der Waals surface area contributed by atoms with Gasteiger partial charge in [-0.15, -0.1) is 0 Å². The van der Waals surface area contributed by atoms with Crippen LogP contribution in [0.25, 0.3) is 0 Å². The fraction of sp³-hybridized carbons (Fsp3) is 0.500. The van der Waals surface area contributed by atoms with E-state index in [4.69, 9.17) is 5.73 Å². The number of amides is 2. The molecule has 1 aromatic carbocycles. The van der Waals surface area contributed by atoms with Gasteiger partial charge in [0.15, 0.2) is 0 Å². The van der Waals surface area contributed by atoms with E-state index in [1.54, 1.807) is 11.0 Å². The van der Waals surface area contributed by atoms with E-state index in [1.807, 2.05) is 4.90 Å². The lowest BCUT2D eigenvalue weighted by atomic mass is 10.1. The number of hydrogen-bond donors (Lipinski definition) is 3. The number of primary amides is 1. The molecule has 3 rings (SSSR count). The van der Waals surface area contributed by atoms with Crippen LogP contribution in [0.5, 0.6) is 0 Å². The second-order valence-electron chi connectivity index (χ2n) is 6.19. The van der Waals surface area contributed by atoms with Crippen LogP contribution in [-0.2, 0) is 4.79 Å². The van der Waals surface area contributed by atoms with Gasteiger partial charge in [0.1, 0.15) is 5.82 Å². The summed E-state index contributed by atoms with van der Waals surface area (Å²) in [6.45, 7) is 2.51. The molecular formula is C16H21FN4O3. The Morgan fingerprint density at radius 1 is 1.25 bits per heavy atom. The van der Waals surface area contributed by atoms with E-state index >= 15 is 0 Å². The summed E-state index contributed by atoms with van der Waals surface area (Å²) in [5.74, 6) is -1.19. The third-order valence-electron chi connectivity index (χ3n) is 4.56. The number of rotatable bonds is 3. The van der Waals surface area contributed by atoms with Crippen molar-refractivity contribution >= 4 is 17.5 Å². The van der Waals surface area contributed by atoms with Crippen molar-refractivity contribution in [3.8, 4) is 0 Å². The highest BCUT2D eigenvalue weighted by atomic mass is 19.1. The quantitative estimate of drug-likeness (QED) is 0.678. The number of nitrogens with one attached hydrogen (secondary N) is 1. The molecule has 8 heteroatoms. The van der Waals surface area contributed by atoms with Gasteiger partial charge in [0.05, 0.1) is 17.7 Å². The minimum atomic E-state index is -0.674. The Hall–Kier alpha value is -2.19. The number of nitrogens with two attached hydrogens (primary N) is 1. The summed E-state index contributed by atoms with van der Waals surface area (Å²) < 4.78 is 13.3. The zero-order valence-electron chi connectivity index (χ0n) is 13.2. The molecule has 0 radical (unpaired) electrons. The number of β-amino-alcohol motifs (C(OH)–C–C–N with tert-alkyl or cyclic N) is 1. The summed E-state index contributed by atoms with van der Waals surface area (Å²) in [5, 5.41) is 12.5. The number of anilines is 1. The van der Waals surface area contributed by atoms with E-state index < -0.39 is 17.8 Å². The highest BCUT2D eigenvalue weighted by molar-refractivity contribution is 5.98. The van der Waals surface area contributed by atoms with Crippen LogP contribution in [0.4, 0.5) is 10.1 Å². The number of hydrogen-bond acceptors (Lipinski definition) is 5. The van der Waals surface area contributed by atoms with Gasteiger partial charge in [-0.05, 0) is 24.6 Å². The maximum absolute atomic E-state index is 13.3. The molecule has 2 aliphatic heterocycles. The number of benzene rings is 1. The molecule has 2 heterocycles. The number of halogens is 1. The zero-order chi connectivity index (χ0) is 17.3. The van der Waals surface area contributed by atoms with E-state index in [2.05, 4.69) is 5.32 Å². The van der Waals surface area contributed by atoms with Gasteiger partial charge in [-0.3, -0.25) is 9.59 Å². The fourth-order valence-corrected chi connectivity index (χ4v) is 3.27. The number of aliphatic hydroxyl groups excluding tert-OH is 1. The molecule has 130 valence electrons. The van der Waals surface area contributed by atoms with Gasteiger partial charge >= 0.3 is 0 Å². The summed E-state index contributed by atoms with van der Waals surface area (Å²) in [6, 6.07) is 3.64. The first kappa shape index (κ1) is 16.7. The molecule has 4 N–H and O–H groups in total. The monoisotopic (exact) mass is 336 g/mol. The third-order valence-corrected chi connectivity index (χ3v) is 4.56. The maximum Gasteiger partial charge on any atom is 0.250 e. The SMILES string of the molecule is NC(=O)c1cc(F)ccc1N1CCN(C(=O)[C@@H]2C[C@H](O)CN2)CC1. The van der Waals surface area contributed by atoms with Gasteiger partial charge in [-0.1, -0.05) is 0 Å². The lowest BCUT2D eigenvalue weighted by Crippen LogP contribution is -2.53. The van der Waals surface area contributed by atoms with Gasteiger partial charge in [0.2, 0.25) is 5.91 Å². The summed E-state index contributed by atoms with van der Waals surface area (Å²) in [7, 11) is 0. The molecule has 1 aromatic rings. The van der Waals surface area contributed by atoms with Crippen molar-refractivity contribution in [1.29, 1.82) is 0 Å². The van der Waals surface area contributed by atoms with Gasteiger partial charge < -0.3 is 26.0 Å². The molecule has 2 atom stereocenters. The van der Waals surface area contributed by atoms with E-state index in [0.29, 0.717) is 44.8 Å². The van der Waals surface area contributed by atoms with Crippen LogP contribution in [0.15, 0.2) is 18.2 Å². The Morgan fingerprint density at radius 2 is 1.96 bits per heavy atom. The maximum atomic E-state index is 13.3. The molecular weight excluding hydrogens is 315 g/mol. The minimum absolute atomic E-state index is 0.0135. The Kier molecular flexibility index (Phi) is 4.68. The van der Waals surface area contributed by atoms with E-state index in [-0.39, 0.29) is 17.5 Å². The Balaban J connectivity index is 1.65. The van der Waals surface area contributed by atoms with Crippen LogP contribution in [0.2, 0.25) is 0 Å². The van der Waals surface area contributed by atoms with Crippen LogP contribution < -0.4 is 16.0 Å². The molecule has 0 bridgehead atoms. The summed E-state index contributed by atoms with van der Waals surface area (Å²) in [6.07, 6.45) is -0.0411. The largest absolute Gasteiger partial charge is 0.392 e. The van der Waals surface area contributed by atoms with E-state index in [0.717, 1.165) is 6.07 Å². The van der Waals surface area contributed by atoms with Crippen molar-refractivity contribution in [1.82, 2.24) is 10.2 Å². The predicted octanol–water partition coefficient (Wildman–Crippen LogP) is -0.704. The normalized spacial score (nSPS) is 24.2. The number of nitrogens with zero attached hydrogens (tertiary/aromatic N) is 2. The molecule has 2 fully saturated rings. The van der Waals surface area contributed by atoms with Gasteiger partial charge in [-0.25, -0.2) is 4.39 Å². The molecule has 7 nitrogen and oxygen atoms in total. The first-order valence-electron chi connectivity index (χ1n) is 8.00. The Morgan fingerprint density at radius 3 is 2.54 bits per heavy atom. The lowest BCUT2D eigenvalue weighted by molar-refractivity contribution is -0.133. The molecule has 0 aromatic heterocycles. The predicted molar refractivity (Wildman–Crippen MR) is 86.1 cm³/mol. The van der Waals surface area contributed by atoms with Crippen LogP contribution in [0.1, 0.15) is 16.8 Å². The second kappa shape index (κ2) is 6.74. The first-order valence-corrected chi connectivity index (χ1v) is 8.00. The number of aliphatic hydroxyl groups is 1. The molecule has 2 saturated heterocycles. The van der Waals surface area contributed by atoms with Crippen LogP contribution >= 0.6 is 0 Å². The summed E-state index contributed by atoms with van der Waals surface area (Å²) in [4.78, 5) is 27.6. The smallest absolute Gasteiger partial charge is 0.250 e. The molecule has 0 spiro atoms.